The Labute approximate surface area is 128 Å². The molecule has 21 heavy (non-hydrogen) atoms. The maximum Gasteiger partial charge on any atom is 0.0991 e. The van der Waals surface area contributed by atoms with Crippen LogP contribution in [0.4, 0.5) is 5.69 Å². The molecule has 1 heterocycles. The summed E-state index contributed by atoms with van der Waals surface area (Å²) in [6.45, 7) is 0.897. The SMILES string of the molecule is CSc1ccc(N2CCC(c3ccc(C#N)cc3)=N2)cc1. The maximum atomic E-state index is 8.84. The summed E-state index contributed by atoms with van der Waals surface area (Å²) in [4.78, 5) is 1.26. The van der Waals surface area contributed by atoms with Crippen LogP contribution in [0.5, 0.6) is 0 Å². The van der Waals surface area contributed by atoms with Crippen molar-refractivity contribution in [3.63, 3.8) is 0 Å². The van der Waals surface area contributed by atoms with Crippen molar-refractivity contribution in [3.05, 3.63) is 59.7 Å². The Balaban J connectivity index is 1.81. The lowest BCUT2D eigenvalue weighted by Gasteiger charge is -2.13. The first-order chi connectivity index (χ1) is 10.3. The predicted octanol–water partition coefficient (Wildman–Crippen LogP) is 3.89. The monoisotopic (exact) mass is 293 g/mol. The fourth-order valence-corrected chi connectivity index (χ4v) is 2.75. The fraction of sp³-hybridized carbons (Fsp3) is 0.176. The molecule has 0 unspecified atom stereocenters. The van der Waals surface area contributed by atoms with Crippen LogP contribution in [0, 0.1) is 11.3 Å². The van der Waals surface area contributed by atoms with Crippen LogP contribution >= 0.6 is 11.8 Å². The van der Waals surface area contributed by atoms with E-state index < -0.39 is 0 Å². The van der Waals surface area contributed by atoms with Gasteiger partial charge in [0.05, 0.1) is 23.0 Å². The lowest BCUT2D eigenvalue weighted by atomic mass is 10.1. The molecule has 0 spiro atoms. The smallest absolute Gasteiger partial charge is 0.0991 e. The van der Waals surface area contributed by atoms with Crippen molar-refractivity contribution >= 4 is 23.2 Å². The highest BCUT2D eigenvalue weighted by Gasteiger charge is 2.17. The highest BCUT2D eigenvalue weighted by molar-refractivity contribution is 7.98. The van der Waals surface area contributed by atoms with Gasteiger partial charge in [0, 0.05) is 17.9 Å². The Hall–Kier alpha value is -2.25. The summed E-state index contributed by atoms with van der Waals surface area (Å²) in [5.41, 5.74) is 3.98. The van der Waals surface area contributed by atoms with Gasteiger partial charge >= 0.3 is 0 Å². The van der Waals surface area contributed by atoms with Crippen LogP contribution in [0.1, 0.15) is 17.5 Å². The first-order valence-corrected chi connectivity index (χ1v) is 8.02. The van der Waals surface area contributed by atoms with Crippen molar-refractivity contribution in [3.8, 4) is 6.07 Å². The van der Waals surface area contributed by atoms with Crippen LogP contribution in [0.25, 0.3) is 0 Å². The Bertz CT molecular complexity index is 696. The van der Waals surface area contributed by atoms with Crippen molar-refractivity contribution in [1.82, 2.24) is 0 Å². The number of hydrogen-bond donors (Lipinski definition) is 0. The van der Waals surface area contributed by atoms with Gasteiger partial charge < -0.3 is 0 Å². The topological polar surface area (TPSA) is 39.4 Å². The molecule has 0 atom stereocenters. The normalized spacial score (nSPS) is 13.9. The van der Waals surface area contributed by atoms with E-state index in [1.54, 1.807) is 11.8 Å². The lowest BCUT2D eigenvalue weighted by Crippen LogP contribution is -2.11. The lowest BCUT2D eigenvalue weighted by molar-refractivity contribution is 0.921. The molecule has 2 aromatic rings. The van der Waals surface area contributed by atoms with Crippen LogP contribution in [0.3, 0.4) is 0 Å². The van der Waals surface area contributed by atoms with Crippen LogP contribution in [0.15, 0.2) is 58.5 Å². The molecule has 0 amide bonds. The Morgan fingerprint density at radius 2 is 1.81 bits per heavy atom. The molecule has 3 rings (SSSR count). The van der Waals surface area contributed by atoms with Crippen molar-refractivity contribution < 1.29 is 0 Å². The minimum atomic E-state index is 0.682. The minimum absolute atomic E-state index is 0.682. The predicted molar refractivity (Wildman–Crippen MR) is 87.9 cm³/mol. The molecule has 104 valence electrons. The summed E-state index contributed by atoms with van der Waals surface area (Å²) in [7, 11) is 0. The summed E-state index contributed by atoms with van der Waals surface area (Å²) in [5, 5.41) is 15.6. The summed E-state index contributed by atoms with van der Waals surface area (Å²) in [5.74, 6) is 0. The van der Waals surface area contributed by atoms with Gasteiger partial charge in [-0.05, 0) is 48.2 Å². The van der Waals surface area contributed by atoms with Crippen molar-refractivity contribution in [2.75, 3.05) is 17.8 Å². The number of hydrogen-bond acceptors (Lipinski definition) is 4. The van der Waals surface area contributed by atoms with Gasteiger partial charge in [-0.1, -0.05) is 12.1 Å². The molecule has 4 heteroatoms. The summed E-state index contributed by atoms with van der Waals surface area (Å²) < 4.78 is 0. The molecule has 0 aliphatic carbocycles. The minimum Gasteiger partial charge on any atom is -0.265 e. The molecule has 0 saturated heterocycles. The second-order valence-corrected chi connectivity index (χ2v) is 5.69. The molecule has 2 aromatic carbocycles. The van der Waals surface area contributed by atoms with Crippen LogP contribution < -0.4 is 5.01 Å². The average molecular weight is 293 g/mol. The highest BCUT2D eigenvalue weighted by atomic mass is 32.2. The van der Waals surface area contributed by atoms with Gasteiger partial charge in [-0.15, -0.1) is 11.8 Å². The van der Waals surface area contributed by atoms with Gasteiger partial charge in [0.2, 0.25) is 0 Å². The molecule has 3 nitrogen and oxygen atoms in total. The van der Waals surface area contributed by atoms with E-state index in [0.29, 0.717) is 5.56 Å². The fourth-order valence-electron chi connectivity index (χ4n) is 2.34. The van der Waals surface area contributed by atoms with E-state index in [9.17, 15) is 0 Å². The number of hydrazone groups is 1. The van der Waals surface area contributed by atoms with Crippen molar-refractivity contribution in [2.24, 2.45) is 5.10 Å². The van der Waals surface area contributed by atoms with E-state index in [1.165, 1.54) is 4.90 Å². The van der Waals surface area contributed by atoms with E-state index in [1.807, 2.05) is 29.3 Å². The molecule has 1 aliphatic rings. The zero-order valence-electron chi connectivity index (χ0n) is 11.8. The van der Waals surface area contributed by atoms with Crippen LogP contribution in [0.2, 0.25) is 0 Å². The summed E-state index contributed by atoms with van der Waals surface area (Å²) in [6.07, 6.45) is 3.00. The van der Waals surface area contributed by atoms with Gasteiger partial charge in [0.1, 0.15) is 0 Å². The van der Waals surface area contributed by atoms with Crippen molar-refractivity contribution in [1.29, 1.82) is 5.26 Å². The summed E-state index contributed by atoms with van der Waals surface area (Å²) >= 11 is 1.74. The Kier molecular flexibility index (Phi) is 3.94. The van der Waals surface area contributed by atoms with Gasteiger partial charge in [0.15, 0.2) is 0 Å². The first-order valence-electron chi connectivity index (χ1n) is 6.80. The maximum absolute atomic E-state index is 8.84. The standard InChI is InChI=1S/C17H15N3S/c1-21-16-8-6-15(7-9-16)20-11-10-17(19-20)14-4-2-13(12-18)3-5-14/h2-9H,10-11H2,1H3. The van der Waals surface area contributed by atoms with Gasteiger partial charge in [-0.3, -0.25) is 5.01 Å². The first kappa shape index (κ1) is 13.7. The largest absolute Gasteiger partial charge is 0.265 e. The molecule has 0 saturated carbocycles. The van der Waals surface area contributed by atoms with Crippen LogP contribution in [-0.2, 0) is 0 Å². The van der Waals surface area contributed by atoms with Crippen molar-refractivity contribution in [2.45, 2.75) is 11.3 Å². The molecular weight excluding hydrogens is 278 g/mol. The number of benzene rings is 2. The third-order valence-electron chi connectivity index (χ3n) is 3.52. The van der Waals surface area contributed by atoms with E-state index >= 15 is 0 Å². The zero-order chi connectivity index (χ0) is 14.7. The third kappa shape index (κ3) is 2.93. The van der Waals surface area contributed by atoms with Gasteiger partial charge in [-0.2, -0.15) is 10.4 Å². The molecule has 0 aromatic heterocycles. The second-order valence-electron chi connectivity index (χ2n) is 4.81. The van der Waals surface area contributed by atoms with E-state index in [0.717, 1.165) is 29.9 Å². The Morgan fingerprint density at radius 1 is 1.10 bits per heavy atom. The molecular formula is C17H15N3S. The molecule has 0 radical (unpaired) electrons. The Morgan fingerprint density at radius 3 is 2.43 bits per heavy atom. The zero-order valence-corrected chi connectivity index (χ0v) is 12.6. The quantitative estimate of drug-likeness (QED) is 0.806. The van der Waals surface area contributed by atoms with Gasteiger partial charge in [-0.25, -0.2) is 0 Å². The molecule has 1 aliphatic heterocycles. The number of nitrogens with zero attached hydrogens (tertiary/aromatic N) is 3. The number of rotatable bonds is 3. The van der Waals surface area contributed by atoms with E-state index in [4.69, 9.17) is 10.4 Å². The molecule has 0 N–H and O–H groups in total. The van der Waals surface area contributed by atoms with Crippen LogP contribution in [-0.4, -0.2) is 18.5 Å². The van der Waals surface area contributed by atoms with E-state index in [2.05, 4.69) is 36.6 Å². The highest BCUT2D eigenvalue weighted by Crippen LogP contribution is 2.24. The van der Waals surface area contributed by atoms with Gasteiger partial charge in [0.25, 0.3) is 0 Å². The number of nitriles is 1. The number of thioether (sulfide) groups is 1. The second kappa shape index (κ2) is 6.02. The average Bonchev–Trinajstić information content (AvgIpc) is 3.05. The summed E-state index contributed by atoms with van der Waals surface area (Å²) in [6, 6.07) is 18.2. The van der Waals surface area contributed by atoms with E-state index in [-0.39, 0.29) is 0 Å². The molecule has 0 bridgehead atoms. The third-order valence-corrected chi connectivity index (χ3v) is 4.26. The number of anilines is 1. The molecule has 0 fully saturated rings.